The number of likely N-dealkylation sites (N-methyl/N-ethyl adjacent to an activating group) is 1. The first-order valence-electron chi connectivity index (χ1n) is 4.69. The maximum atomic E-state index is 5.63. The summed E-state index contributed by atoms with van der Waals surface area (Å²) in [7, 11) is 2.12. The number of likely N-dealkylation sites (tertiary alicyclic amines) is 1. The lowest BCUT2D eigenvalue weighted by Gasteiger charge is -2.37. The zero-order valence-electron chi connectivity index (χ0n) is 8.11. The summed E-state index contributed by atoms with van der Waals surface area (Å²) in [6, 6.07) is 2.51. The second-order valence-corrected chi connectivity index (χ2v) is 4.49. The second-order valence-electron chi connectivity index (χ2n) is 3.57. The highest BCUT2D eigenvalue weighted by Gasteiger charge is 2.24. The lowest BCUT2D eigenvalue weighted by molar-refractivity contribution is 0.0767. The molecule has 0 N–H and O–H groups in total. The van der Waals surface area contributed by atoms with Crippen molar-refractivity contribution in [1.29, 1.82) is 0 Å². The molecule has 4 heteroatoms. The summed E-state index contributed by atoms with van der Waals surface area (Å²) < 4.78 is 6.58. The first-order valence-corrected chi connectivity index (χ1v) is 5.48. The summed E-state index contributed by atoms with van der Waals surface area (Å²) in [4.78, 5) is 6.34. The maximum absolute atomic E-state index is 5.63. The van der Waals surface area contributed by atoms with Crippen molar-refractivity contribution in [3.63, 3.8) is 0 Å². The van der Waals surface area contributed by atoms with Crippen molar-refractivity contribution < 1.29 is 4.74 Å². The summed E-state index contributed by atoms with van der Waals surface area (Å²) in [6.45, 7) is 1.94. The van der Waals surface area contributed by atoms with Crippen molar-refractivity contribution in [1.82, 2.24) is 9.88 Å². The molecule has 0 amide bonds. The third kappa shape index (κ3) is 2.25. The number of ether oxygens (including phenoxy) is 1. The smallest absolute Gasteiger partial charge is 0.138 e. The molecule has 0 saturated carbocycles. The average Bonchev–Trinajstić information content (AvgIpc) is 2.16. The van der Waals surface area contributed by atoms with Gasteiger partial charge in [-0.05, 0) is 42.0 Å². The van der Waals surface area contributed by atoms with Gasteiger partial charge in [-0.1, -0.05) is 0 Å². The first kappa shape index (κ1) is 9.93. The molecule has 3 nitrogen and oxygen atoms in total. The Bertz CT molecular complexity index is 319. The average molecular weight is 257 g/mol. The van der Waals surface area contributed by atoms with Gasteiger partial charge in [0.25, 0.3) is 0 Å². The van der Waals surface area contributed by atoms with E-state index in [2.05, 4.69) is 32.9 Å². The van der Waals surface area contributed by atoms with Crippen molar-refractivity contribution >= 4 is 15.9 Å². The highest BCUT2D eigenvalue weighted by molar-refractivity contribution is 9.10. The zero-order valence-corrected chi connectivity index (χ0v) is 9.70. The topological polar surface area (TPSA) is 25.4 Å². The van der Waals surface area contributed by atoms with Crippen molar-refractivity contribution in [2.45, 2.75) is 12.5 Å². The van der Waals surface area contributed by atoms with Crippen molar-refractivity contribution in [3.8, 4) is 5.75 Å². The Hall–Kier alpha value is -0.610. The molecule has 14 heavy (non-hydrogen) atoms. The monoisotopic (exact) mass is 256 g/mol. The van der Waals surface area contributed by atoms with Crippen LogP contribution in [0.3, 0.4) is 0 Å². The number of rotatable bonds is 3. The molecule has 0 aromatic carbocycles. The van der Waals surface area contributed by atoms with Crippen LogP contribution < -0.4 is 4.74 Å². The Morgan fingerprint density at radius 1 is 1.64 bits per heavy atom. The molecule has 0 aliphatic carbocycles. The lowest BCUT2D eigenvalue weighted by atomic mass is 10.1. The number of aromatic nitrogens is 1. The number of nitrogens with zero attached hydrogens (tertiary/aromatic N) is 2. The fourth-order valence-electron chi connectivity index (χ4n) is 1.44. The van der Waals surface area contributed by atoms with E-state index in [1.54, 1.807) is 12.4 Å². The predicted molar refractivity (Wildman–Crippen MR) is 58.5 cm³/mol. The third-order valence-electron chi connectivity index (χ3n) is 2.56. The summed E-state index contributed by atoms with van der Waals surface area (Å²) in [6.07, 6.45) is 4.73. The lowest BCUT2D eigenvalue weighted by Crippen LogP contribution is -2.48. The van der Waals surface area contributed by atoms with Crippen LogP contribution in [-0.2, 0) is 0 Å². The van der Waals surface area contributed by atoms with E-state index in [4.69, 9.17) is 4.74 Å². The predicted octanol–water partition coefficient (Wildman–Crippen LogP) is 1.93. The van der Waals surface area contributed by atoms with Crippen LogP contribution in [0.25, 0.3) is 0 Å². The summed E-state index contributed by atoms with van der Waals surface area (Å²) >= 11 is 3.36. The van der Waals surface area contributed by atoms with Gasteiger partial charge in [0, 0.05) is 16.7 Å². The molecular weight excluding hydrogens is 244 g/mol. The van der Waals surface area contributed by atoms with Crippen molar-refractivity contribution in [3.05, 3.63) is 22.9 Å². The van der Waals surface area contributed by atoms with Crippen molar-refractivity contribution in [2.24, 2.45) is 0 Å². The molecule has 1 fully saturated rings. The van der Waals surface area contributed by atoms with Crippen LogP contribution in [0.4, 0.5) is 0 Å². The zero-order chi connectivity index (χ0) is 9.97. The minimum atomic E-state index is 0.578. The van der Waals surface area contributed by atoms with Crippen LogP contribution in [0, 0.1) is 0 Å². The van der Waals surface area contributed by atoms with E-state index in [9.17, 15) is 0 Å². The van der Waals surface area contributed by atoms with Crippen LogP contribution in [0.1, 0.15) is 6.42 Å². The molecule has 1 aliphatic rings. The van der Waals surface area contributed by atoms with Crippen LogP contribution >= 0.6 is 15.9 Å². The minimum Gasteiger partial charge on any atom is -0.490 e. The Balaban J connectivity index is 1.85. The molecular formula is C10H13BrN2O. The molecule has 0 bridgehead atoms. The van der Waals surface area contributed by atoms with Crippen LogP contribution in [0.5, 0.6) is 5.75 Å². The first-order chi connectivity index (χ1) is 6.75. The Morgan fingerprint density at radius 3 is 3.07 bits per heavy atom. The largest absolute Gasteiger partial charge is 0.490 e. The number of halogens is 1. The van der Waals surface area contributed by atoms with Crippen LogP contribution in [0.15, 0.2) is 22.9 Å². The van der Waals surface area contributed by atoms with E-state index >= 15 is 0 Å². The Kier molecular flexibility index (Phi) is 3.03. The van der Waals surface area contributed by atoms with E-state index in [1.807, 2.05) is 6.07 Å². The normalized spacial score (nSPS) is 21.7. The Morgan fingerprint density at radius 2 is 2.50 bits per heavy atom. The fraction of sp³-hybridized carbons (Fsp3) is 0.500. The van der Waals surface area contributed by atoms with Crippen LogP contribution in [0.2, 0.25) is 0 Å². The second kappa shape index (κ2) is 4.28. The van der Waals surface area contributed by atoms with E-state index in [1.165, 1.54) is 13.0 Å². The SMILES string of the molecule is CN1CCC1COc1cncc(Br)c1. The third-order valence-corrected chi connectivity index (χ3v) is 2.99. The molecule has 1 aromatic heterocycles. The molecule has 1 saturated heterocycles. The highest BCUT2D eigenvalue weighted by atomic mass is 79.9. The highest BCUT2D eigenvalue weighted by Crippen LogP contribution is 2.19. The minimum absolute atomic E-state index is 0.578. The number of hydrogen-bond acceptors (Lipinski definition) is 3. The molecule has 1 atom stereocenters. The van der Waals surface area contributed by atoms with Gasteiger partial charge in [0.15, 0.2) is 0 Å². The van der Waals surface area contributed by atoms with Gasteiger partial charge in [-0.3, -0.25) is 9.88 Å². The molecule has 2 heterocycles. The molecule has 2 rings (SSSR count). The summed E-state index contributed by atoms with van der Waals surface area (Å²) in [5.74, 6) is 0.833. The molecule has 76 valence electrons. The molecule has 1 aromatic rings. The van der Waals surface area contributed by atoms with Gasteiger partial charge in [-0.2, -0.15) is 0 Å². The van der Waals surface area contributed by atoms with Gasteiger partial charge < -0.3 is 4.74 Å². The molecule has 1 aliphatic heterocycles. The summed E-state index contributed by atoms with van der Waals surface area (Å²) in [5, 5.41) is 0. The van der Waals surface area contributed by atoms with E-state index < -0.39 is 0 Å². The van der Waals surface area contributed by atoms with Gasteiger partial charge in [0.05, 0.1) is 6.20 Å². The standard InChI is InChI=1S/C10H13BrN2O/c1-13-3-2-9(13)7-14-10-4-8(11)5-12-6-10/h4-6,9H,2-3,7H2,1H3. The summed E-state index contributed by atoms with van der Waals surface area (Å²) in [5.41, 5.74) is 0. The van der Waals surface area contributed by atoms with Gasteiger partial charge in [0.1, 0.15) is 12.4 Å². The number of hydrogen-bond donors (Lipinski definition) is 0. The van der Waals surface area contributed by atoms with Gasteiger partial charge in [-0.15, -0.1) is 0 Å². The maximum Gasteiger partial charge on any atom is 0.138 e. The fourth-order valence-corrected chi connectivity index (χ4v) is 1.79. The molecule has 0 radical (unpaired) electrons. The molecule has 0 spiro atoms. The van der Waals surface area contributed by atoms with Gasteiger partial charge >= 0.3 is 0 Å². The van der Waals surface area contributed by atoms with Crippen molar-refractivity contribution in [2.75, 3.05) is 20.2 Å². The van der Waals surface area contributed by atoms with E-state index in [0.717, 1.165) is 16.8 Å². The van der Waals surface area contributed by atoms with E-state index in [0.29, 0.717) is 6.04 Å². The van der Waals surface area contributed by atoms with Gasteiger partial charge in [0.2, 0.25) is 0 Å². The molecule has 1 unspecified atom stereocenters. The van der Waals surface area contributed by atoms with Crippen LogP contribution in [-0.4, -0.2) is 36.1 Å². The Labute approximate surface area is 92.2 Å². The van der Waals surface area contributed by atoms with E-state index in [-0.39, 0.29) is 0 Å². The number of pyridine rings is 1. The quantitative estimate of drug-likeness (QED) is 0.827. The van der Waals surface area contributed by atoms with Gasteiger partial charge in [-0.25, -0.2) is 0 Å².